The Bertz CT molecular complexity index is 694. The molecule has 1 aromatic carbocycles. The zero-order chi connectivity index (χ0) is 19.2. The Balaban J connectivity index is 1.93. The summed E-state index contributed by atoms with van der Waals surface area (Å²) in [7, 11) is 2.86. The van der Waals surface area contributed by atoms with E-state index in [1.165, 1.54) is 14.2 Å². The van der Waals surface area contributed by atoms with Crippen molar-refractivity contribution in [1.29, 1.82) is 0 Å². The number of hydrogen-bond donors (Lipinski definition) is 1. The summed E-state index contributed by atoms with van der Waals surface area (Å²) < 4.78 is 17.2. The average molecular weight is 442 g/mol. The van der Waals surface area contributed by atoms with E-state index in [-0.39, 0.29) is 23.3 Å². The number of benzene rings is 1. The predicted molar refractivity (Wildman–Crippen MR) is 103 cm³/mol. The fourth-order valence-corrected chi connectivity index (χ4v) is 6.48. The molecule has 2 bridgehead atoms. The highest BCUT2D eigenvalue weighted by Gasteiger charge is 2.84. The summed E-state index contributed by atoms with van der Waals surface area (Å²) in [5.74, 6) is -2.55. The minimum absolute atomic E-state index is 0.137. The van der Waals surface area contributed by atoms with E-state index in [4.69, 9.17) is 60.6 Å². The molecule has 1 saturated carbocycles. The largest absolute Gasteiger partial charge is 0.396 e. The maximum atomic E-state index is 10.0. The third-order valence-electron chi connectivity index (χ3n) is 5.48. The molecule has 2 aliphatic rings. The second-order valence-electron chi connectivity index (χ2n) is 6.47. The first-order chi connectivity index (χ1) is 12.3. The second-order valence-corrected chi connectivity index (χ2v) is 8.42. The van der Waals surface area contributed by atoms with E-state index in [0.29, 0.717) is 6.61 Å². The van der Waals surface area contributed by atoms with Gasteiger partial charge in [0.15, 0.2) is 0 Å². The van der Waals surface area contributed by atoms with Crippen LogP contribution >= 0.6 is 46.4 Å². The van der Waals surface area contributed by atoms with Gasteiger partial charge in [-0.3, -0.25) is 0 Å². The first-order valence-corrected chi connectivity index (χ1v) is 9.63. The number of fused-ring (bicyclic) bond motifs is 2. The fourth-order valence-electron chi connectivity index (χ4n) is 4.28. The summed E-state index contributed by atoms with van der Waals surface area (Å²) in [5, 5.41) is 10.3. The molecule has 3 rings (SSSR count). The van der Waals surface area contributed by atoms with Crippen LogP contribution in [0.4, 0.5) is 0 Å². The van der Waals surface area contributed by atoms with Gasteiger partial charge in [0.05, 0.1) is 23.3 Å². The normalized spacial score (nSPS) is 35.3. The van der Waals surface area contributed by atoms with E-state index in [9.17, 15) is 5.11 Å². The number of rotatable bonds is 7. The Hall–Kier alpha value is -0.0400. The number of methoxy groups -OCH3 is 2. The van der Waals surface area contributed by atoms with Crippen LogP contribution < -0.4 is 0 Å². The molecule has 2 aliphatic carbocycles. The van der Waals surface area contributed by atoms with Crippen LogP contribution in [0.25, 0.3) is 0 Å². The number of aliphatic hydroxyl groups is 1. The molecule has 1 fully saturated rings. The Morgan fingerprint density at radius 2 is 1.50 bits per heavy atom. The van der Waals surface area contributed by atoms with E-state index in [1.807, 2.05) is 30.3 Å². The zero-order valence-corrected chi connectivity index (χ0v) is 17.4. The van der Waals surface area contributed by atoms with E-state index < -0.39 is 27.4 Å². The topological polar surface area (TPSA) is 47.9 Å². The average Bonchev–Trinajstić information content (AvgIpc) is 2.90. The second kappa shape index (κ2) is 7.41. The van der Waals surface area contributed by atoms with Gasteiger partial charge in [-0.25, -0.2) is 0 Å². The quantitative estimate of drug-likeness (QED) is 0.511. The molecule has 0 heterocycles. The molecule has 0 aliphatic heterocycles. The van der Waals surface area contributed by atoms with Crippen molar-refractivity contribution in [3.8, 4) is 0 Å². The van der Waals surface area contributed by atoms with Crippen molar-refractivity contribution < 1.29 is 19.3 Å². The molecule has 1 aromatic rings. The lowest BCUT2D eigenvalue weighted by Crippen LogP contribution is -2.57. The molecule has 144 valence electrons. The van der Waals surface area contributed by atoms with Crippen LogP contribution in [0.2, 0.25) is 0 Å². The minimum Gasteiger partial charge on any atom is -0.396 e. The van der Waals surface area contributed by atoms with Gasteiger partial charge < -0.3 is 19.3 Å². The molecule has 0 amide bonds. The third-order valence-corrected chi connectivity index (χ3v) is 8.18. The Kier molecular flexibility index (Phi) is 5.90. The van der Waals surface area contributed by atoms with Crippen molar-refractivity contribution in [1.82, 2.24) is 0 Å². The maximum Gasteiger partial charge on any atom is 0.217 e. The van der Waals surface area contributed by atoms with Gasteiger partial charge in [0, 0.05) is 32.7 Å². The molecule has 4 atom stereocenters. The molecular formula is C18H20Cl4O4. The van der Waals surface area contributed by atoms with Gasteiger partial charge >= 0.3 is 0 Å². The Morgan fingerprint density at radius 1 is 0.962 bits per heavy atom. The van der Waals surface area contributed by atoms with Crippen molar-refractivity contribution in [2.75, 3.05) is 27.4 Å². The number of ether oxygens (including phenoxy) is 3. The van der Waals surface area contributed by atoms with Crippen molar-refractivity contribution >= 4 is 46.4 Å². The summed E-state index contributed by atoms with van der Waals surface area (Å²) in [6.45, 7) is 0.318. The summed E-state index contributed by atoms with van der Waals surface area (Å²) in [6.07, 6.45) is 0. The van der Waals surface area contributed by atoms with Crippen LogP contribution in [0.5, 0.6) is 0 Å². The summed E-state index contributed by atoms with van der Waals surface area (Å²) >= 11 is 26.8. The lowest BCUT2D eigenvalue weighted by atomic mass is 9.83. The first kappa shape index (κ1) is 20.7. The molecule has 0 aromatic heterocycles. The summed E-state index contributed by atoms with van der Waals surface area (Å²) in [5.41, 5.74) is 1.02. The first-order valence-electron chi connectivity index (χ1n) is 8.12. The Labute approximate surface area is 172 Å². The van der Waals surface area contributed by atoms with Crippen LogP contribution in [0.3, 0.4) is 0 Å². The molecule has 0 saturated heterocycles. The lowest BCUT2D eigenvalue weighted by molar-refractivity contribution is -0.221. The van der Waals surface area contributed by atoms with Crippen molar-refractivity contribution in [3.63, 3.8) is 0 Å². The van der Waals surface area contributed by atoms with Gasteiger partial charge in [0.25, 0.3) is 0 Å². The Morgan fingerprint density at radius 3 is 2.00 bits per heavy atom. The van der Waals surface area contributed by atoms with E-state index in [1.54, 1.807) is 0 Å². The van der Waals surface area contributed by atoms with Crippen LogP contribution in [-0.2, 0) is 20.8 Å². The van der Waals surface area contributed by atoms with Crippen molar-refractivity contribution in [2.45, 2.75) is 22.1 Å². The number of aliphatic hydroxyl groups excluding tert-OH is 1. The van der Waals surface area contributed by atoms with Gasteiger partial charge in [-0.1, -0.05) is 53.5 Å². The van der Waals surface area contributed by atoms with E-state index in [0.717, 1.165) is 5.56 Å². The van der Waals surface area contributed by atoms with Gasteiger partial charge in [0.1, 0.15) is 9.75 Å². The zero-order valence-electron chi connectivity index (χ0n) is 14.3. The van der Waals surface area contributed by atoms with Crippen LogP contribution in [0, 0.1) is 11.8 Å². The molecule has 0 spiro atoms. The van der Waals surface area contributed by atoms with Crippen LogP contribution in [-0.4, -0.2) is 48.1 Å². The van der Waals surface area contributed by atoms with E-state index in [2.05, 4.69) is 0 Å². The van der Waals surface area contributed by atoms with Crippen molar-refractivity contribution in [3.05, 3.63) is 46.0 Å². The molecular weight excluding hydrogens is 422 g/mol. The van der Waals surface area contributed by atoms with Gasteiger partial charge in [-0.2, -0.15) is 0 Å². The third kappa shape index (κ3) is 2.44. The smallest absolute Gasteiger partial charge is 0.217 e. The molecule has 4 nitrogen and oxygen atoms in total. The summed E-state index contributed by atoms with van der Waals surface area (Å²) in [6, 6.07) is 9.72. The highest BCUT2D eigenvalue weighted by atomic mass is 35.5. The molecule has 26 heavy (non-hydrogen) atoms. The molecule has 0 radical (unpaired) electrons. The molecule has 8 heteroatoms. The monoisotopic (exact) mass is 440 g/mol. The SMILES string of the molecule is COC1(OC)[C@@]2(Cl)C(Cl)=C(Cl)[C@@]1(Cl)[C@@H](COCc1ccccc1)[C@H]2CO. The molecule has 0 unspecified atom stereocenters. The van der Waals surface area contributed by atoms with E-state index >= 15 is 0 Å². The fraction of sp³-hybridized carbons (Fsp3) is 0.556. The lowest BCUT2D eigenvalue weighted by Gasteiger charge is -2.41. The van der Waals surface area contributed by atoms with Gasteiger partial charge in [-0.05, 0) is 5.56 Å². The number of alkyl halides is 2. The summed E-state index contributed by atoms with van der Waals surface area (Å²) in [4.78, 5) is -2.78. The van der Waals surface area contributed by atoms with Crippen molar-refractivity contribution in [2.24, 2.45) is 11.8 Å². The standard InChI is InChI=1S/C18H20Cl4O4/c1-24-18(25-2)16(21)12(8-23)13(17(18,22)15(20)14(16)19)10-26-9-11-6-4-3-5-7-11/h3-7,12-13,23H,8-10H2,1-2H3/t12-,13+,16+,17+/m1/s1. The van der Waals surface area contributed by atoms with Crippen LogP contribution in [0.1, 0.15) is 5.56 Å². The maximum absolute atomic E-state index is 10.0. The highest BCUT2D eigenvalue weighted by Crippen LogP contribution is 2.73. The van der Waals surface area contributed by atoms with Crippen LogP contribution in [0.15, 0.2) is 40.4 Å². The number of halogens is 4. The molecule has 1 N–H and O–H groups in total. The van der Waals surface area contributed by atoms with Gasteiger partial charge in [-0.15, -0.1) is 23.2 Å². The predicted octanol–water partition coefficient (Wildman–Crippen LogP) is 4.09. The van der Waals surface area contributed by atoms with Gasteiger partial charge in [0.2, 0.25) is 5.79 Å². The highest BCUT2D eigenvalue weighted by molar-refractivity contribution is 6.52. The minimum atomic E-state index is -1.52. The number of hydrogen-bond acceptors (Lipinski definition) is 4.